The number of amides is 1. The van der Waals surface area contributed by atoms with Crippen LogP contribution in [0.25, 0.3) is 6.08 Å². The van der Waals surface area contributed by atoms with E-state index in [0.29, 0.717) is 17.9 Å². The molecule has 3 rings (SSSR count). The molecule has 5 heteroatoms. The van der Waals surface area contributed by atoms with Crippen LogP contribution in [0.1, 0.15) is 16.7 Å². The largest absolute Gasteiger partial charge is 0.489 e. The number of nitriles is 1. The minimum absolute atomic E-state index is 0.0264. The van der Waals surface area contributed by atoms with Gasteiger partial charge in [-0.15, -0.1) is 0 Å². The molecule has 0 heterocycles. The number of carbonyl (C=O) groups is 1. The molecule has 0 unspecified atom stereocenters. The van der Waals surface area contributed by atoms with Crippen molar-refractivity contribution in [1.29, 1.82) is 5.26 Å². The van der Waals surface area contributed by atoms with Crippen molar-refractivity contribution in [3.63, 3.8) is 0 Å². The van der Waals surface area contributed by atoms with Crippen LogP contribution < -0.4 is 10.1 Å². The van der Waals surface area contributed by atoms with Crippen LogP contribution in [0, 0.1) is 24.1 Å². The van der Waals surface area contributed by atoms with Crippen molar-refractivity contribution in [1.82, 2.24) is 0 Å². The van der Waals surface area contributed by atoms with Gasteiger partial charge in [0.2, 0.25) is 0 Å². The summed E-state index contributed by atoms with van der Waals surface area (Å²) in [5.41, 5.74) is 2.81. The van der Waals surface area contributed by atoms with Crippen molar-refractivity contribution < 1.29 is 13.9 Å². The number of benzene rings is 3. The SMILES string of the molecule is Cc1cccc(COc2ccc(/C=C(\C#N)C(=O)Nc3ccccc3F)cc2)c1. The first-order chi connectivity index (χ1) is 14.0. The predicted octanol–water partition coefficient (Wildman–Crippen LogP) is 5.26. The Hall–Kier alpha value is -3.91. The van der Waals surface area contributed by atoms with E-state index in [1.54, 1.807) is 30.3 Å². The van der Waals surface area contributed by atoms with E-state index in [2.05, 4.69) is 11.4 Å². The first-order valence-corrected chi connectivity index (χ1v) is 9.01. The number of para-hydroxylation sites is 1. The molecule has 0 fully saturated rings. The third-order valence-corrected chi connectivity index (χ3v) is 4.17. The van der Waals surface area contributed by atoms with Crippen LogP contribution in [-0.2, 0) is 11.4 Å². The van der Waals surface area contributed by atoms with E-state index in [1.165, 1.54) is 29.8 Å². The highest BCUT2D eigenvalue weighted by molar-refractivity contribution is 6.09. The smallest absolute Gasteiger partial charge is 0.266 e. The summed E-state index contributed by atoms with van der Waals surface area (Å²) in [7, 11) is 0. The molecule has 3 aromatic rings. The highest BCUT2D eigenvalue weighted by atomic mass is 19.1. The van der Waals surface area contributed by atoms with Gasteiger partial charge in [-0.2, -0.15) is 5.26 Å². The van der Waals surface area contributed by atoms with Gasteiger partial charge in [0.15, 0.2) is 0 Å². The molecule has 1 N–H and O–H groups in total. The van der Waals surface area contributed by atoms with Gasteiger partial charge in [0.25, 0.3) is 5.91 Å². The van der Waals surface area contributed by atoms with Gasteiger partial charge in [-0.25, -0.2) is 4.39 Å². The third-order valence-electron chi connectivity index (χ3n) is 4.17. The zero-order valence-electron chi connectivity index (χ0n) is 15.9. The fourth-order valence-corrected chi connectivity index (χ4v) is 2.70. The zero-order chi connectivity index (χ0) is 20.6. The van der Waals surface area contributed by atoms with E-state index >= 15 is 0 Å². The van der Waals surface area contributed by atoms with Gasteiger partial charge >= 0.3 is 0 Å². The molecule has 0 aliphatic carbocycles. The normalized spacial score (nSPS) is 10.9. The monoisotopic (exact) mass is 386 g/mol. The molecule has 0 spiro atoms. The summed E-state index contributed by atoms with van der Waals surface area (Å²) in [6, 6.07) is 22.8. The lowest BCUT2D eigenvalue weighted by Gasteiger charge is -2.08. The topological polar surface area (TPSA) is 62.1 Å². The minimum atomic E-state index is -0.669. The molecule has 4 nitrogen and oxygen atoms in total. The number of hydrogen-bond acceptors (Lipinski definition) is 3. The highest BCUT2D eigenvalue weighted by Gasteiger charge is 2.11. The number of halogens is 1. The molecule has 0 bridgehead atoms. The molecule has 0 aromatic heterocycles. The van der Waals surface area contributed by atoms with Crippen LogP contribution in [-0.4, -0.2) is 5.91 Å². The summed E-state index contributed by atoms with van der Waals surface area (Å²) in [6.45, 7) is 2.48. The van der Waals surface area contributed by atoms with Gasteiger partial charge in [0.05, 0.1) is 5.69 Å². The second-order valence-electron chi connectivity index (χ2n) is 6.45. The summed E-state index contributed by atoms with van der Waals surface area (Å²) < 4.78 is 19.4. The summed E-state index contributed by atoms with van der Waals surface area (Å²) in [6.07, 6.45) is 1.44. The maximum absolute atomic E-state index is 13.7. The van der Waals surface area contributed by atoms with E-state index < -0.39 is 11.7 Å². The second kappa shape index (κ2) is 9.34. The fourth-order valence-electron chi connectivity index (χ4n) is 2.70. The molecule has 0 radical (unpaired) electrons. The molecule has 0 saturated heterocycles. The summed E-state index contributed by atoms with van der Waals surface area (Å²) in [5.74, 6) is -0.552. The van der Waals surface area contributed by atoms with Gasteiger partial charge in [-0.3, -0.25) is 4.79 Å². The standard InChI is InChI=1S/C24H19FN2O2/c1-17-5-4-6-19(13-17)16-29-21-11-9-18(10-12-21)14-20(15-26)24(28)27-23-8-3-2-7-22(23)25/h2-14H,16H2,1H3,(H,27,28)/b20-14+. The number of hydrogen-bond donors (Lipinski definition) is 1. The lowest BCUT2D eigenvalue weighted by Crippen LogP contribution is -2.14. The van der Waals surface area contributed by atoms with Gasteiger partial charge < -0.3 is 10.1 Å². The summed E-state index contributed by atoms with van der Waals surface area (Å²) in [4.78, 5) is 12.3. The number of carbonyl (C=O) groups excluding carboxylic acids is 1. The lowest BCUT2D eigenvalue weighted by molar-refractivity contribution is -0.112. The fraction of sp³-hybridized carbons (Fsp3) is 0.0833. The molecule has 1 amide bonds. The number of anilines is 1. The van der Waals surface area contributed by atoms with Crippen LogP contribution in [0.4, 0.5) is 10.1 Å². The predicted molar refractivity (Wildman–Crippen MR) is 111 cm³/mol. The number of aryl methyl sites for hydroxylation is 1. The Labute approximate surface area is 168 Å². The van der Waals surface area contributed by atoms with Crippen molar-refractivity contribution in [2.75, 3.05) is 5.32 Å². The molecular formula is C24H19FN2O2. The third kappa shape index (κ3) is 5.53. The molecule has 0 aliphatic rings. The van der Waals surface area contributed by atoms with E-state index in [0.717, 1.165) is 5.56 Å². The molecule has 0 aliphatic heterocycles. The maximum Gasteiger partial charge on any atom is 0.266 e. The molecular weight excluding hydrogens is 367 g/mol. The van der Waals surface area contributed by atoms with Crippen molar-refractivity contribution in [2.45, 2.75) is 13.5 Å². The highest BCUT2D eigenvalue weighted by Crippen LogP contribution is 2.18. The van der Waals surface area contributed by atoms with Gasteiger partial charge in [-0.05, 0) is 48.4 Å². The Kier molecular flexibility index (Phi) is 6.39. The maximum atomic E-state index is 13.7. The van der Waals surface area contributed by atoms with Crippen LogP contribution in [0.5, 0.6) is 5.75 Å². The van der Waals surface area contributed by atoms with E-state index in [4.69, 9.17) is 4.74 Å². The first-order valence-electron chi connectivity index (χ1n) is 9.01. The van der Waals surface area contributed by atoms with Crippen molar-refractivity contribution in [3.05, 3.63) is 101 Å². The average molecular weight is 386 g/mol. The van der Waals surface area contributed by atoms with E-state index in [-0.39, 0.29) is 11.3 Å². The molecule has 144 valence electrons. The number of rotatable bonds is 6. The van der Waals surface area contributed by atoms with Gasteiger partial charge in [-0.1, -0.05) is 54.1 Å². The summed E-state index contributed by atoms with van der Waals surface area (Å²) >= 11 is 0. The second-order valence-corrected chi connectivity index (χ2v) is 6.45. The van der Waals surface area contributed by atoms with Crippen molar-refractivity contribution >= 4 is 17.7 Å². The van der Waals surface area contributed by atoms with Crippen LogP contribution in [0.3, 0.4) is 0 Å². The van der Waals surface area contributed by atoms with Crippen LogP contribution >= 0.6 is 0 Å². The number of nitrogens with zero attached hydrogens (tertiary/aromatic N) is 1. The van der Waals surface area contributed by atoms with E-state index in [9.17, 15) is 14.4 Å². The average Bonchev–Trinajstić information content (AvgIpc) is 2.73. The molecule has 29 heavy (non-hydrogen) atoms. The Morgan fingerprint density at radius 3 is 2.55 bits per heavy atom. The Morgan fingerprint density at radius 2 is 1.86 bits per heavy atom. The van der Waals surface area contributed by atoms with Gasteiger partial charge in [0, 0.05) is 0 Å². The van der Waals surface area contributed by atoms with Gasteiger partial charge in [0.1, 0.15) is 29.8 Å². The summed E-state index contributed by atoms with van der Waals surface area (Å²) in [5, 5.41) is 11.7. The van der Waals surface area contributed by atoms with Crippen LogP contribution in [0.2, 0.25) is 0 Å². The minimum Gasteiger partial charge on any atom is -0.489 e. The number of ether oxygens (including phenoxy) is 1. The molecule has 0 atom stereocenters. The Balaban J connectivity index is 1.66. The molecule has 3 aromatic carbocycles. The zero-order valence-corrected chi connectivity index (χ0v) is 15.9. The van der Waals surface area contributed by atoms with E-state index in [1.807, 2.05) is 31.2 Å². The van der Waals surface area contributed by atoms with Crippen molar-refractivity contribution in [2.24, 2.45) is 0 Å². The quantitative estimate of drug-likeness (QED) is 0.464. The number of nitrogens with one attached hydrogen (secondary N) is 1. The Bertz CT molecular complexity index is 1080. The Morgan fingerprint density at radius 1 is 1.10 bits per heavy atom. The van der Waals surface area contributed by atoms with Crippen molar-refractivity contribution in [3.8, 4) is 11.8 Å². The molecule has 0 saturated carbocycles. The lowest BCUT2D eigenvalue weighted by atomic mass is 10.1. The van der Waals surface area contributed by atoms with Crippen LogP contribution in [0.15, 0.2) is 78.4 Å². The first kappa shape index (κ1) is 19.8.